The number of benzene rings is 2. The van der Waals surface area contributed by atoms with E-state index in [0.717, 1.165) is 12.4 Å². The van der Waals surface area contributed by atoms with Crippen LogP contribution in [0.5, 0.6) is 11.5 Å². The Labute approximate surface area is 196 Å². The molecular formula is C19H16ClN7O7. The van der Waals surface area contributed by atoms with Crippen molar-refractivity contribution in [3.8, 4) is 11.5 Å². The second-order valence-electron chi connectivity index (χ2n) is 6.37. The molecule has 0 aliphatic heterocycles. The minimum atomic E-state index is -0.823. The number of carbonyl (C=O) groups is 1. The lowest BCUT2D eigenvalue weighted by Gasteiger charge is -2.13. The topological polar surface area (TPSA) is 184 Å². The van der Waals surface area contributed by atoms with E-state index < -0.39 is 27.1 Å². The number of methoxy groups -OCH3 is 2. The van der Waals surface area contributed by atoms with Gasteiger partial charge in [0.05, 0.1) is 29.8 Å². The van der Waals surface area contributed by atoms with E-state index in [0.29, 0.717) is 17.2 Å². The number of aromatic nitrogens is 2. The van der Waals surface area contributed by atoms with Crippen molar-refractivity contribution in [2.24, 2.45) is 0 Å². The summed E-state index contributed by atoms with van der Waals surface area (Å²) in [7, 11) is 2.88. The molecule has 1 aromatic heterocycles. The van der Waals surface area contributed by atoms with Crippen LogP contribution in [0.1, 0.15) is 10.4 Å². The molecule has 0 bridgehead atoms. The van der Waals surface area contributed by atoms with Gasteiger partial charge in [0.25, 0.3) is 11.6 Å². The van der Waals surface area contributed by atoms with Gasteiger partial charge in [-0.05, 0) is 24.3 Å². The number of halogens is 1. The molecule has 176 valence electrons. The van der Waals surface area contributed by atoms with Gasteiger partial charge in [-0.15, -0.1) is 0 Å². The molecule has 0 fully saturated rings. The van der Waals surface area contributed by atoms with Gasteiger partial charge in [0.1, 0.15) is 22.8 Å². The number of amides is 1. The Hall–Kier alpha value is -4.72. The number of hydrazine groups is 1. The molecule has 15 heteroatoms. The fraction of sp³-hybridized carbons (Fsp3) is 0.105. The van der Waals surface area contributed by atoms with Crippen LogP contribution in [0, 0.1) is 20.2 Å². The van der Waals surface area contributed by atoms with Crippen molar-refractivity contribution in [1.82, 2.24) is 15.4 Å². The van der Waals surface area contributed by atoms with E-state index in [2.05, 4.69) is 26.1 Å². The van der Waals surface area contributed by atoms with E-state index in [4.69, 9.17) is 21.1 Å². The monoisotopic (exact) mass is 489 g/mol. The van der Waals surface area contributed by atoms with Crippen molar-refractivity contribution in [3.63, 3.8) is 0 Å². The number of nitro benzene ring substituents is 1. The highest BCUT2D eigenvalue weighted by Gasteiger charge is 2.25. The molecule has 0 radical (unpaired) electrons. The molecule has 3 rings (SSSR count). The molecular weight excluding hydrogens is 474 g/mol. The third kappa shape index (κ3) is 5.18. The van der Waals surface area contributed by atoms with Crippen LogP contribution in [0.25, 0.3) is 0 Å². The molecule has 1 amide bonds. The van der Waals surface area contributed by atoms with Crippen molar-refractivity contribution in [2.75, 3.05) is 25.0 Å². The van der Waals surface area contributed by atoms with Gasteiger partial charge < -0.3 is 14.8 Å². The SMILES string of the molecule is COc1ccc(OC)c(Nc2ncnc(NNC(=O)c3ccc(Cl)c([N+](=O)[O-])c3)c2[N+](=O)[O-])c1. The number of nitro groups is 2. The number of hydrogen-bond donors (Lipinski definition) is 3. The minimum absolute atomic E-state index is 0.111. The Bertz CT molecular complexity index is 1270. The van der Waals surface area contributed by atoms with Crippen molar-refractivity contribution in [3.05, 3.63) is 73.5 Å². The zero-order valence-electron chi connectivity index (χ0n) is 17.6. The lowest BCUT2D eigenvalue weighted by molar-refractivity contribution is -0.384. The molecule has 34 heavy (non-hydrogen) atoms. The highest BCUT2D eigenvalue weighted by molar-refractivity contribution is 6.32. The summed E-state index contributed by atoms with van der Waals surface area (Å²) in [6.45, 7) is 0. The summed E-state index contributed by atoms with van der Waals surface area (Å²) in [5.74, 6) is -0.549. The number of nitrogens with one attached hydrogen (secondary N) is 3. The van der Waals surface area contributed by atoms with Crippen LogP contribution in [0.2, 0.25) is 5.02 Å². The van der Waals surface area contributed by atoms with E-state index >= 15 is 0 Å². The zero-order chi connectivity index (χ0) is 24.8. The maximum atomic E-state index is 12.4. The predicted octanol–water partition coefficient (Wildman–Crippen LogP) is 3.46. The predicted molar refractivity (Wildman–Crippen MR) is 121 cm³/mol. The number of hydrogen-bond acceptors (Lipinski definition) is 11. The van der Waals surface area contributed by atoms with Gasteiger partial charge >= 0.3 is 5.69 Å². The van der Waals surface area contributed by atoms with Gasteiger partial charge in [0, 0.05) is 17.7 Å². The first-order valence-corrected chi connectivity index (χ1v) is 9.61. The normalized spacial score (nSPS) is 10.2. The summed E-state index contributed by atoms with van der Waals surface area (Å²) < 4.78 is 10.4. The third-order valence-corrected chi connectivity index (χ3v) is 4.68. The largest absolute Gasteiger partial charge is 0.497 e. The Morgan fingerprint density at radius 2 is 1.74 bits per heavy atom. The summed E-state index contributed by atoms with van der Waals surface area (Å²) in [5.41, 5.74) is 3.70. The number of anilines is 3. The fourth-order valence-electron chi connectivity index (χ4n) is 2.76. The third-order valence-electron chi connectivity index (χ3n) is 4.36. The smallest absolute Gasteiger partial charge is 0.355 e. The number of carbonyl (C=O) groups excluding carboxylic acids is 1. The van der Waals surface area contributed by atoms with Crippen LogP contribution in [-0.4, -0.2) is 39.9 Å². The van der Waals surface area contributed by atoms with Gasteiger partial charge in [-0.3, -0.25) is 35.9 Å². The van der Waals surface area contributed by atoms with Crippen LogP contribution in [-0.2, 0) is 0 Å². The number of nitrogens with zero attached hydrogens (tertiary/aromatic N) is 4. The van der Waals surface area contributed by atoms with Crippen LogP contribution in [0.15, 0.2) is 42.7 Å². The second kappa shape index (κ2) is 10.3. The molecule has 0 spiro atoms. The summed E-state index contributed by atoms with van der Waals surface area (Å²) >= 11 is 5.74. The molecule has 0 saturated carbocycles. The summed E-state index contributed by atoms with van der Waals surface area (Å²) in [5, 5.41) is 25.4. The number of ether oxygens (including phenoxy) is 2. The minimum Gasteiger partial charge on any atom is -0.497 e. The van der Waals surface area contributed by atoms with Gasteiger partial charge in [0.2, 0.25) is 11.6 Å². The summed E-state index contributed by atoms with van der Waals surface area (Å²) in [6, 6.07) is 8.19. The van der Waals surface area contributed by atoms with Gasteiger partial charge in [-0.2, -0.15) is 0 Å². The molecule has 0 saturated heterocycles. The summed E-state index contributed by atoms with van der Waals surface area (Å²) in [4.78, 5) is 41.4. The molecule has 2 aromatic carbocycles. The van der Waals surface area contributed by atoms with Crippen LogP contribution in [0.3, 0.4) is 0 Å². The van der Waals surface area contributed by atoms with E-state index in [1.807, 2.05) is 0 Å². The van der Waals surface area contributed by atoms with Gasteiger partial charge in [-0.1, -0.05) is 11.6 Å². The van der Waals surface area contributed by atoms with Gasteiger partial charge in [0.15, 0.2) is 0 Å². The maximum absolute atomic E-state index is 12.4. The number of rotatable bonds is 9. The van der Waals surface area contributed by atoms with Crippen molar-refractivity contribution >= 4 is 46.2 Å². The van der Waals surface area contributed by atoms with Crippen molar-refractivity contribution < 1.29 is 24.1 Å². The zero-order valence-corrected chi connectivity index (χ0v) is 18.3. The summed E-state index contributed by atoms with van der Waals surface area (Å²) in [6.07, 6.45) is 1.03. The first-order chi connectivity index (χ1) is 16.2. The van der Waals surface area contributed by atoms with Gasteiger partial charge in [-0.25, -0.2) is 9.97 Å². The highest BCUT2D eigenvalue weighted by atomic mass is 35.5. The van der Waals surface area contributed by atoms with E-state index in [-0.39, 0.29) is 22.2 Å². The molecule has 0 aliphatic rings. The second-order valence-corrected chi connectivity index (χ2v) is 6.78. The molecule has 3 aromatic rings. The van der Waals surface area contributed by atoms with E-state index in [9.17, 15) is 25.0 Å². The average Bonchev–Trinajstić information content (AvgIpc) is 2.82. The van der Waals surface area contributed by atoms with Crippen LogP contribution in [0.4, 0.5) is 28.7 Å². The average molecular weight is 490 g/mol. The Kier molecular flexibility index (Phi) is 7.23. The highest BCUT2D eigenvalue weighted by Crippen LogP contribution is 2.36. The Balaban J connectivity index is 1.88. The van der Waals surface area contributed by atoms with Crippen LogP contribution >= 0.6 is 11.6 Å². The lowest BCUT2D eigenvalue weighted by atomic mass is 10.2. The molecule has 1 heterocycles. The first kappa shape index (κ1) is 23.9. The van der Waals surface area contributed by atoms with Crippen molar-refractivity contribution in [2.45, 2.75) is 0 Å². The fourth-order valence-corrected chi connectivity index (χ4v) is 2.94. The molecule has 14 nitrogen and oxygen atoms in total. The standard InChI is InChI=1S/C19H16ClN7O7/c1-33-11-4-6-15(34-2)13(8-11)23-17-16(27(31)32)18(22-9-21-17)24-25-19(28)10-3-5-12(20)14(7-10)26(29)30/h3-9H,1-2H3,(H,25,28)(H2,21,22,23,24). The molecule has 3 N–H and O–H groups in total. The quantitative estimate of drug-likeness (QED) is 0.295. The van der Waals surface area contributed by atoms with Crippen molar-refractivity contribution in [1.29, 1.82) is 0 Å². The molecule has 0 atom stereocenters. The maximum Gasteiger partial charge on any atom is 0.355 e. The molecule has 0 aliphatic carbocycles. The van der Waals surface area contributed by atoms with E-state index in [1.165, 1.54) is 26.4 Å². The first-order valence-electron chi connectivity index (χ1n) is 9.24. The van der Waals surface area contributed by atoms with Crippen LogP contribution < -0.4 is 25.6 Å². The Morgan fingerprint density at radius 1 is 1.00 bits per heavy atom. The molecule has 0 unspecified atom stereocenters. The lowest BCUT2D eigenvalue weighted by Crippen LogP contribution is -2.30. The Morgan fingerprint density at radius 3 is 2.38 bits per heavy atom. The van der Waals surface area contributed by atoms with E-state index in [1.54, 1.807) is 18.2 Å².